The standard InChI is InChI=1S/C28H35F3N8O/c1-17-35-25(36-40-17)27-12-18-10-19(13-27)23(20(11-18)14-27)39(16-32)24(33)26(2,3)38-8-6-37(7-9-38)22-5-4-21(15-34-22)28(29,30)31/h4-5,15,18-20,23,33H,6-14H2,1-3H3. The van der Waals surface area contributed by atoms with Crippen LogP contribution in [0.1, 0.15) is 63.2 Å². The van der Waals surface area contributed by atoms with Gasteiger partial charge in [-0.3, -0.25) is 15.2 Å². The molecule has 0 radical (unpaired) electrons. The lowest BCUT2D eigenvalue weighted by Gasteiger charge is -2.60. The predicted octanol–water partition coefficient (Wildman–Crippen LogP) is 4.60. The second-order valence-corrected chi connectivity index (χ2v) is 12.6. The van der Waals surface area contributed by atoms with Crippen molar-refractivity contribution in [2.75, 3.05) is 31.1 Å². The van der Waals surface area contributed by atoms with Crippen molar-refractivity contribution in [3.8, 4) is 6.19 Å². The first-order valence-electron chi connectivity index (χ1n) is 14.0. The third-order valence-corrected chi connectivity index (χ3v) is 9.92. The van der Waals surface area contributed by atoms with Gasteiger partial charge in [0.05, 0.1) is 17.1 Å². The number of hydrogen-bond donors (Lipinski definition) is 1. The lowest BCUT2D eigenvalue weighted by molar-refractivity contribution is -0.137. The number of nitrogens with zero attached hydrogens (tertiary/aromatic N) is 7. The number of alkyl halides is 3. The first kappa shape index (κ1) is 27.0. The molecule has 3 heterocycles. The van der Waals surface area contributed by atoms with E-state index in [0.717, 1.165) is 50.2 Å². The average molecular weight is 557 g/mol. The maximum atomic E-state index is 12.9. The molecule has 214 valence electrons. The van der Waals surface area contributed by atoms with Gasteiger partial charge in [0.25, 0.3) is 0 Å². The molecule has 1 aliphatic heterocycles. The Balaban J connectivity index is 1.14. The summed E-state index contributed by atoms with van der Waals surface area (Å²) in [5.74, 6) is 3.38. The van der Waals surface area contributed by atoms with Crippen molar-refractivity contribution in [2.24, 2.45) is 17.8 Å². The third kappa shape index (κ3) is 4.42. The summed E-state index contributed by atoms with van der Waals surface area (Å²) < 4.78 is 44.1. The Labute approximate surface area is 231 Å². The molecular weight excluding hydrogens is 521 g/mol. The molecule has 4 bridgehead atoms. The van der Waals surface area contributed by atoms with Gasteiger partial charge in [-0.25, -0.2) is 4.98 Å². The molecule has 7 rings (SSSR count). The zero-order chi connectivity index (χ0) is 28.4. The molecule has 40 heavy (non-hydrogen) atoms. The van der Waals surface area contributed by atoms with Crippen LogP contribution in [0.4, 0.5) is 19.0 Å². The monoisotopic (exact) mass is 556 g/mol. The van der Waals surface area contributed by atoms with Crippen LogP contribution in [0.5, 0.6) is 0 Å². The van der Waals surface area contributed by atoms with E-state index in [1.807, 2.05) is 25.7 Å². The molecule has 9 nitrogen and oxygen atoms in total. The minimum atomic E-state index is -4.41. The minimum absolute atomic E-state index is 0.00733. The van der Waals surface area contributed by atoms with Crippen LogP contribution in [-0.2, 0) is 11.6 Å². The molecule has 0 aromatic carbocycles. The number of aromatic nitrogens is 3. The largest absolute Gasteiger partial charge is 0.417 e. The van der Waals surface area contributed by atoms with Crippen LogP contribution >= 0.6 is 0 Å². The summed E-state index contributed by atoms with van der Waals surface area (Å²) in [6.07, 6.45) is 3.88. The zero-order valence-corrected chi connectivity index (χ0v) is 23.1. The van der Waals surface area contributed by atoms with Gasteiger partial charge in [-0.2, -0.15) is 23.4 Å². The maximum absolute atomic E-state index is 12.9. The Bertz CT molecular complexity index is 1290. The van der Waals surface area contributed by atoms with Crippen LogP contribution in [0, 0.1) is 41.5 Å². The number of piperazine rings is 1. The van der Waals surface area contributed by atoms with Crippen LogP contribution in [0.25, 0.3) is 0 Å². The topological polar surface area (TPSA) is 109 Å². The maximum Gasteiger partial charge on any atom is 0.417 e. The molecule has 2 atom stereocenters. The third-order valence-electron chi connectivity index (χ3n) is 9.92. The second-order valence-electron chi connectivity index (χ2n) is 12.6. The summed E-state index contributed by atoms with van der Waals surface area (Å²) in [6, 6.07) is 2.47. The molecule has 2 unspecified atom stereocenters. The van der Waals surface area contributed by atoms with E-state index in [-0.39, 0.29) is 11.5 Å². The molecular formula is C28H35F3N8O. The van der Waals surface area contributed by atoms with Crippen LogP contribution in [0.2, 0.25) is 0 Å². The molecule has 5 aliphatic rings. The van der Waals surface area contributed by atoms with E-state index in [1.54, 1.807) is 4.90 Å². The van der Waals surface area contributed by atoms with Crippen LogP contribution in [0.15, 0.2) is 22.9 Å². The van der Waals surface area contributed by atoms with Crippen molar-refractivity contribution in [3.63, 3.8) is 0 Å². The number of amidine groups is 1. The number of pyridine rings is 1. The van der Waals surface area contributed by atoms with Gasteiger partial charge in [0.1, 0.15) is 11.7 Å². The quantitative estimate of drug-likeness (QED) is 0.246. The number of aryl methyl sites for hydroxylation is 1. The first-order valence-corrected chi connectivity index (χ1v) is 14.0. The normalized spacial score (nSPS) is 30.4. The number of nitrogens with one attached hydrogen (secondary N) is 1. The fourth-order valence-corrected chi connectivity index (χ4v) is 8.15. The highest BCUT2D eigenvalue weighted by Gasteiger charge is 2.60. The van der Waals surface area contributed by atoms with Crippen molar-refractivity contribution in [2.45, 2.75) is 76.0 Å². The Morgan fingerprint density at radius 1 is 1.12 bits per heavy atom. The van der Waals surface area contributed by atoms with Crippen molar-refractivity contribution in [1.82, 2.24) is 24.9 Å². The Hall–Kier alpha value is -3.20. The highest BCUT2D eigenvalue weighted by molar-refractivity contribution is 5.89. The Morgan fingerprint density at radius 3 is 2.33 bits per heavy atom. The van der Waals surface area contributed by atoms with Gasteiger partial charge in [0.2, 0.25) is 5.89 Å². The van der Waals surface area contributed by atoms with Crippen LogP contribution in [0.3, 0.4) is 0 Å². The molecule has 5 fully saturated rings. The number of anilines is 1. The SMILES string of the molecule is Cc1nc(C23CC4CC(C2)C(N(C#N)C(=N)C(C)(C)N2CCN(c5ccc(C(F)(F)F)cn5)CC2)C(C4)C3)no1. The number of rotatable bonds is 5. The molecule has 2 aromatic heterocycles. The van der Waals surface area contributed by atoms with Crippen molar-refractivity contribution >= 4 is 11.7 Å². The summed E-state index contributed by atoms with van der Waals surface area (Å²) in [6.45, 7) is 8.17. The van der Waals surface area contributed by atoms with E-state index in [0.29, 0.717) is 61.5 Å². The molecule has 12 heteroatoms. The van der Waals surface area contributed by atoms with E-state index >= 15 is 0 Å². The van der Waals surface area contributed by atoms with Crippen LogP contribution in [-0.4, -0.2) is 68.5 Å². The van der Waals surface area contributed by atoms with Gasteiger partial charge < -0.3 is 9.42 Å². The molecule has 4 saturated carbocycles. The summed E-state index contributed by atoms with van der Waals surface area (Å²) in [4.78, 5) is 14.5. The lowest BCUT2D eigenvalue weighted by atomic mass is 9.47. The highest BCUT2D eigenvalue weighted by Crippen LogP contribution is 2.61. The molecule has 0 spiro atoms. The summed E-state index contributed by atoms with van der Waals surface area (Å²) in [5.41, 5.74) is -1.54. The average Bonchev–Trinajstić information content (AvgIpc) is 3.37. The molecule has 0 amide bonds. The van der Waals surface area contributed by atoms with Gasteiger partial charge in [-0.1, -0.05) is 5.16 Å². The summed E-state index contributed by atoms with van der Waals surface area (Å²) >= 11 is 0. The fraction of sp³-hybridized carbons (Fsp3) is 0.679. The predicted molar refractivity (Wildman–Crippen MR) is 140 cm³/mol. The number of hydrogen-bond acceptors (Lipinski definition) is 8. The van der Waals surface area contributed by atoms with Crippen LogP contribution < -0.4 is 4.90 Å². The van der Waals surface area contributed by atoms with Gasteiger partial charge in [-0.05, 0) is 75.8 Å². The van der Waals surface area contributed by atoms with Crippen molar-refractivity contribution in [3.05, 3.63) is 35.6 Å². The fourth-order valence-electron chi connectivity index (χ4n) is 8.15. The van der Waals surface area contributed by atoms with E-state index in [1.165, 1.54) is 6.07 Å². The number of halogens is 3. The molecule has 1 saturated heterocycles. The number of nitriles is 1. The van der Waals surface area contributed by atoms with Gasteiger partial charge in [-0.15, -0.1) is 0 Å². The van der Waals surface area contributed by atoms with E-state index in [2.05, 4.69) is 26.2 Å². The van der Waals surface area contributed by atoms with Gasteiger partial charge >= 0.3 is 6.18 Å². The molecule has 4 aliphatic carbocycles. The molecule has 1 N–H and O–H groups in total. The van der Waals surface area contributed by atoms with Crippen molar-refractivity contribution < 1.29 is 17.7 Å². The van der Waals surface area contributed by atoms with E-state index in [9.17, 15) is 23.8 Å². The van der Waals surface area contributed by atoms with E-state index in [4.69, 9.17) is 4.52 Å². The zero-order valence-electron chi connectivity index (χ0n) is 23.1. The molecule has 2 aromatic rings. The van der Waals surface area contributed by atoms with Gasteiger partial charge in [0, 0.05) is 44.7 Å². The summed E-state index contributed by atoms with van der Waals surface area (Å²) in [5, 5.41) is 23.9. The second kappa shape index (κ2) is 9.43. The Kier molecular flexibility index (Phi) is 6.36. The van der Waals surface area contributed by atoms with E-state index < -0.39 is 17.3 Å². The Morgan fingerprint density at radius 2 is 1.80 bits per heavy atom. The lowest BCUT2D eigenvalue weighted by Crippen LogP contribution is -2.65. The van der Waals surface area contributed by atoms with Gasteiger partial charge in [0.15, 0.2) is 12.0 Å². The van der Waals surface area contributed by atoms with Crippen molar-refractivity contribution in [1.29, 1.82) is 10.7 Å². The smallest absolute Gasteiger partial charge is 0.354 e. The summed E-state index contributed by atoms with van der Waals surface area (Å²) in [7, 11) is 0. The minimum Gasteiger partial charge on any atom is -0.354 e. The highest BCUT2D eigenvalue weighted by atomic mass is 19.4. The first-order chi connectivity index (χ1) is 18.9.